The molecule has 19 heavy (non-hydrogen) atoms. The van der Waals surface area contributed by atoms with Crippen molar-refractivity contribution in [2.24, 2.45) is 5.73 Å². The second-order valence-electron chi connectivity index (χ2n) is 4.01. The summed E-state index contributed by atoms with van der Waals surface area (Å²) >= 11 is 4.76. The Morgan fingerprint density at radius 2 is 2.16 bits per heavy atom. The topological polar surface area (TPSA) is 55.1 Å². The Morgan fingerprint density at radius 3 is 2.84 bits per heavy atom. The van der Waals surface area contributed by atoms with Crippen LogP contribution in [0.25, 0.3) is 0 Å². The zero-order chi connectivity index (χ0) is 13.8. The summed E-state index contributed by atoms with van der Waals surface area (Å²) in [4.78, 5) is 11.9. The van der Waals surface area contributed by atoms with Gasteiger partial charge < -0.3 is 11.1 Å². The van der Waals surface area contributed by atoms with Gasteiger partial charge in [-0.2, -0.15) is 0 Å². The molecular formula is C13H12BrFN2OS. The van der Waals surface area contributed by atoms with Crippen molar-refractivity contribution in [3.63, 3.8) is 0 Å². The first-order valence-electron chi connectivity index (χ1n) is 5.58. The first-order chi connectivity index (χ1) is 9.06. The van der Waals surface area contributed by atoms with Crippen molar-refractivity contribution in [1.29, 1.82) is 0 Å². The third-order valence-corrected chi connectivity index (χ3v) is 3.99. The summed E-state index contributed by atoms with van der Waals surface area (Å²) in [5, 5.41) is 4.86. The van der Waals surface area contributed by atoms with Crippen LogP contribution in [0.5, 0.6) is 0 Å². The summed E-state index contributed by atoms with van der Waals surface area (Å²) in [7, 11) is 0. The maximum Gasteiger partial charge on any atom is 0.249 e. The fourth-order valence-corrected chi connectivity index (χ4v) is 2.85. The summed E-state index contributed by atoms with van der Waals surface area (Å²) in [5.74, 6) is -0.666. The van der Waals surface area contributed by atoms with Crippen LogP contribution in [0, 0.1) is 5.82 Å². The molecule has 0 aliphatic rings. The lowest BCUT2D eigenvalue weighted by atomic mass is 10.2. The number of hydrogen-bond acceptors (Lipinski definition) is 3. The molecule has 100 valence electrons. The van der Waals surface area contributed by atoms with Gasteiger partial charge in [-0.05, 0) is 24.3 Å². The Labute approximate surface area is 122 Å². The molecule has 1 aromatic carbocycles. The van der Waals surface area contributed by atoms with Crippen LogP contribution in [0.4, 0.5) is 4.39 Å². The highest BCUT2D eigenvalue weighted by Crippen LogP contribution is 2.17. The van der Waals surface area contributed by atoms with Crippen LogP contribution in [0.2, 0.25) is 0 Å². The number of carbonyl (C=O) groups is 1. The lowest BCUT2D eigenvalue weighted by molar-refractivity contribution is 0.100. The molecule has 2 aromatic rings. The number of primary amides is 1. The summed E-state index contributed by atoms with van der Waals surface area (Å²) in [6.07, 6.45) is 0. The quantitative estimate of drug-likeness (QED) is 0.877. The number of hydrogen-bond donors (Lipinski definition) is 2. The molecule has 2 rings (SSSR count). The number of nitrogens with one attached hydrogen (secondary N) is 1. The second kappa shape index (κ2) is 6.27. The van der Waals surface area contributed by atoms with E-state index in [1.165, 1.54) is 17.4 Å². The average Bonchev–Trinajstić information content (AvgIpc) is 2.82. The molecule has 3 nitrogen and oxygen atoms in total. The predicted molar refractivity (Wildman–Crippen MR) is 77.5 cm³/mol. The molecule has 0 bridgehead atoms. The lowest BCUT2D eigenvalue weighted by Crippen LogP contribution is -2.13. The van der Waals surface area contributed by atoms with Crippen LogP contribution < -0.4 is 11.1 Å². The largest absolute Gasteiger partial charge is 0.366 e. The minimum Gasteiger partial charge on any atom is -0.366 e. The van der Waals surface area contributed by atoms with Crippen molar-refractivity contribution < 1.29 is 9.18 Å². The first kappa shape index (κ1) is 14.2. The third kappa shape index (κ3) is 3.86. The van der Waals surface area contributed by atoms with E-state index < -0.39 is 5.91 Å². The molecule has 3 N–H and O–H groups in total. The van der Waals surface area contributed by atoms with Crippen molar-refractivity contribution in [3.05, 3.63) is 55.9 Å². The second-order valence-corrected chi connectivity index (χ2v) is 5.92. The van der Waals surface area contributed by atoms with Gasteiger partial charge in [0, 0.05) is 33.4 Å². The van der Waals surface area contributed by atoms with Crippen LogP contribution in [0.1, 0.15) is 20.8 Å². The number of thiophene rings is 1. The number of rotatable bonds is 5. The van der Waals surface area contributed by atoms with Crippen molar-refractivity contribution in [2.75, 3.05) is 0 Å². The zero-order valence-electron chi connectivity index (χ0n) is 9.95. The molecule has 0 aliphatic heterocycles. The van der Waals surface area contributed by atoms with Gasteiger partial charge in [0.15, 0.2) is 0 Å². The molecule has 0 saturated heterocycles. The van der Waals surface area contributed by atoms with Gasteiger partial charge in [-0.25, -0.2) is 4.39 Å². The fourth-order valence-electron chi connectivity index (χ4n) is 1.60. The molecule has 0 saturated carbocycles. The van der Waals surface area contributed by atoms with Crippen LogP contribution in [-0.2, 0) is 13.1 Å². The summed E-state index contributed by atoms with van der Waals surface area (Å²) in [6, 6.07) is 6.58. The van der Waals surface area contributed by atoms with Gasteiger partial charge >= 0.3 is 0 Å². The van der Waals surface area contributed by atoms with E-state index in [0.717, 1.165) is 9.35 Å². The maximum atomic E-state index is 13.5. The number of nitrogens with two attached hydrogens (primary N) is 1. The minimum absolute atomic E-state index is 0.236. The molecule has 0 aliphatic carbocycles. The highest BCUT2D eigenvalue weighted by atomic mass is 79.9. The Morgan fingerprint density at radius 1 is 1.37 bits per heavy atom. The molecule has 6 heteroatoms. The SMILES string of the molecule is NC(=O)c1csc(CNCc2cc(Br)ccc2F)c1. The van der Waals surface area contributed by atoms with E-state index in [4.69, 9.17) is 5.73 Å². The molecular weight excluding hydrogens is 331 g/mol. The van der Waals surface area contributed by atoms with Crippen LogP contribution in [0.3, 0.4) is 0 Å². The molecule has 0 atom stereocenters. The molecule has 1 amide bonds. The fraction of sp³-hybridized carbons (Fsp3) is 0.154. The van der Waals surface area contributed by atoms with E-state index in [9.17, 15) is 9.18 Å². The van der Waals surface area contributed by atoms with Crippen LogP contribution in [-0.4, -0.2) is 5.91 Å². The van der Waals surface area contributed by atoms with E-state index in [1.807, 2.05) is 0 Å². The molecule has 0 unspecified atom stereocenters. The highest BCUT2D eigenvalue weighted by Gasteiger charge is 2.06. The first-order valence-corrected chi connectivity index (χ1v) is 7.25. The molecule has 0 spiro atoms. The van der Waals surface area contributed by atoms with Gasteiger partial charge in [-0.15, -0.1) is 11.3 Å². The third-order valence-electron chi connectivity index (χ3n) is 2.56. The Balaban J connectivity index is 1.92. The molecule has 0 radical (unpaired) electrons. The number of benzene rings is 1. The zero-order valence-corrected chi connectivity index (χ0v) is 12.4. The molecule has 0 fully saturated rings. The van der Waals surface area contributed by atoms with E-state index >= 15 is 0 Å². The molecule has 1 heterocycles. The summed E-state index contributed by atoms with van der Waals surface area (Å²) < 4.78 is 14.3. The van der Waals surface area contributed by atoms with Crippen LogP contribution in [0.15, 0.2) is 34.1 Å². The average molecular weight is 343 g/mol. The van der Waals surface area contributed by atoms with E-state index in [2.05, 4.69) is 21.2 Å². The maximum absolute atomic E-state index is 13.5. The number of halogens is 2. The Bertz CT molecular complexity index is 600. The Kier molecular flexibility index (Phi) is 4.68. The van der Waals surface area contributed by atoms with Gasteiger partial charge in [0.05, 0.1) is 5.56 Å². The van der Waals surface area contributed by atoms with Crippen LogP contribution >= 0.6 is 27.3 Å². The van der Waals surface area contributed by atoms with Gasteiger partial charge in [0.2, 0.25) is 5.91 Å². The standard InChI is InChI=1S/C13H12BrFN2OS/c14-10-1-2-12(15)8(3-10)5-17-6-11-4-9(7-19-11)13(16)18/h1-4,7,17H,5-6H2,(H2,16,18). The van der Waals surface area contributed by atoms with Crippen molar-refractivity contribution in [1.82, 2.24) is 5.32 Å². The normalized spacial score (nSPS) is 10.6. The Hall–Kier alpha value is -1.24. The van der Waals surface area contributed by atoms with E-state index in [-0.39, 0.29) is 5.82 Å². The summed E-state index contributed by atoms with van der Waals surface area (Å²) in [6.45, 7) is 0.999. The van der Waals surface area contributed by atoms with E-state index in [1.54, 1.807) is 23.6 Å². The molecule has 1 aromatic heterocycles. The number of carbonyl (C=O) groups excluding carboxylic acids is 1. The number of amides is 1. The smallest absolute Gasteiger partial charge is 0.249 e. The van der Waals surface area contributed by atoms with E-state index in [0.29, 0.717) is 24.2 Å². The van der Waals surface area contributed by atoms with Crippen molar-refractivity contribution in [3.8, 4) is 0 Å². The van der Waals surface area contributed by atoms with Crippen molar-refractivity contribution in [2.45, 2.75) is 13.1 Å². The summed E-state index contributed by atoms with van der Waals surface area (Å²) in [5.41, 5.74) is 6.28. The minimum atomic E-state index is -0.430. The van der Waals surface area contributed by atoms with Gasteiger partial charge in [0.25, 0.3) is 0 Å². The predicted octanol–water partition coefficient (Wildman–Crippen LogP) is 3.04. The van der Waals surface area contributed by atoms with Crippen molar-refractivity contribution >= 4 is 33.2 Å². The monoisotopic (exact) mass is 342 g/mol. The highest BCUT2D eigenvalue weighted by molar-refractivity contribution is 9.10. The lowest BCUT2D eigenvalue weighted by Gasteiger charge is -2.05. The van der Waals surface area contributed by atoms with Gasteiger partial charge in [-0.1, -0.05) is 15.9 Å². The van der Waals surface area contributed by atoms with Gasteiger partial charge in [0.1, 0.15) is 5.82 Å². The van der Waals surface area contributed by atoms with Gasteiger partial charge in [-0.3, -0.25) is 4.79 Å².